The fraction of sp³-hybridized carbons (Fsp3) is 0.700. The molecule has 8 heteroatoms. The summed E-state index contributed by atoms with van der Waals surface area (Å²) in [5.74, 6) is -2.72. The van der Waals surface area contributed by atoms with E-state index in [1.807, 2.05) is 0 Å². The number of carbonyl (C=O) groups excluding carboxylic acids is 1. The Hall–Kier alpha value is -1.83. The lowest BCUT2D eigenvalue weighted by Crippen LogP contribution is -2.48. The molecular weight excluding hydrogens is 244 g/mol. The van der Waals surface area contributed by atoms with Gasteiger partial charge in [-0.25, -0.2) is 9.59 Å². The zero-order valence-corrected chi connectivity index (χ0v) is 10.3. The van der Waals surface area contributed by atoms with E-state index in [1.54, 1.807) is 6.92 Å². The number of amides is 2. The first-order valence-electron chi connectivity index (χ1n) is 5.38. The summed E-state index contributed by atoms with van der Waals surface area (Å²) in [7, 11) is 1.43. The fourth-order valence-corrected chi connectivity index (χ4v) is 1.12. The molecule has 0 aromatic rings. The summed E-state index contributed by atoms with van der Waals surface area (Å²) in [5, 5.41) is 28.4. The van der Waals surface area contributed by atoms with Gasteiger partial charge in [0.15, 0.2) is 0 Å². The SMILES string of the molecule is CC(O)CCN(C)C(=O)NC(CC(=O)O)C(=O)O. The number of aliphatic carboxylic acids is 2. The number of hydrogen-bond acceptors (Lipinski definition) is 4. The Morgan fingerprint density at radius 1 is 1.28 bits per heavy atom. The molecule has 0 rings (SSSR count). The average molecular weight is 262 g/mol. The van der Waals surface area contributed by atoms with Crippen molar-refractivity contribution in [1.29, 1.82) is 0 Å². The van der Waals surface area contributed by atoms with Gasteiger partial charge in [-0.15, -0.1) is 0 Å². The van der Waals surface area contributed by atoms with Crippen LogP contribution in [0.2, 0.25) is 0 Å². The van der Waals surface area contributed by atoms with Crippen LogP contribution < -0.4 is 5.32 Å². The van der Waals surface area contributed by atoms with Gasteiger partial charge >= 0.3 is 18.0 Å². The Labute approximate surface area is 104 Å². The summed E-state index contributed by atoms with van der Waals surface area (Å²) >= 11 is 0. The van der Waals surface area contributed by atoms with Crippen LogP contribution in [0.4, 0.5) is 4.79 Å². The van der Waals surface area contributed by atoms with Crippen LogP contribution in [0.1, 0.15) is 19.8 Å². The first-order chi connectivity index (χ1) is 8.23. The largest absolute Gasteiger partial charge is 0.481 e. The number of carboxylic acid groups (broad SMARTS) is 2. The predicted octanol–water partition coefficient (Wildman–Crippen LogP) is -0.673. The molecule has 0 aliphatic heterocycles. The second kappa shape index (κ2) is 7.49. The molecule has 0 aromatic carbocycles. The predicted molar refractivity (Wildman–Crippen MR) is 61.1 cm³/mol. The van der Waals surface area contributed by atoms with Crippen LogP contribution in [0.5, 0.6) is 0 Å². The Morgan fingerprint density at radius 3 is 2.22 bits per heavy atom. The topological polar surface area (TPSA) is 127 Å². The summed E-state index contributed by atoms with van der Waals surface area (Å²) in [6.07, 6.45) is -0.916. The Kier molecular flexibility index (Phi) is 6.73. The molecule has 0 saturated heterocycles. The highest BCUT2D eigenvalue weighted by Crippen LogP contribution is 1.97. The first-order valence-corrected chi connectivity index (χ1v) is 5.38. The normalized spacial score (nSPS) is 13.5. The molecule has 0 radical (unpaired) electrons. The van der Waals surface area contributed by atoms with E-state index in [9.17, 15) is 14.4 Å². The molecule has 0 aliphatic rings. The van der Waals surface area contributed by atoms with Crippen LogP contribution in [0, 0.1) is 0 Å². The zero-order chi connectivity index (χ0) is 14.3. The molecular formula is C10H18N2O6. The molecule has 0 saturated carbocycles. The van der Waals surface area contributed by atoms with Crippen LogP contribution in [0.25, 0.3) is 0 Å². The van der Waals surface area contributed by atoms with E-state index in [4.69, 9.17) is 15.3 Å². The van der Waals surface area contributed by atoms with E-state index in [2.05, 4.69) is 5.32 Å². The average Bonchev–Trinajstić information content (AvgIpc) is 2.23. The summed E-state index contributed by atoms with van der Waals surface area (Å²) < 4.78 is 0. The Bertz CT molecular complexity index is 317. The lowest BCUT2D eigenvalue weighted by Gasteiger charge is -2.21. The fourth-order valence-electron chi connectivity index (χ4n) is 1.12. The van der Waals surface area contributed by atoms with E-state index in [1.165, 1.54) is 11.9 Å². The highest BCUT2D eigenvalue weighted by molar-refractivity contribution is 5.86. The second-order valence-electron chi connectivity index (χ2n) is 4.00. The van der Waals surface area contributed by atoms with Gasteiger partial charge in [0.25, 0.3) is 0 Å². The number of rotatable bonds is 7. The summed E-state index contributed by atoms with van der Waals surface area (Å²) in [5.41, 5.74) is 0. The molecule has 0 fully saturated rings. The van der Waals surface area contributed by atoms with Gasteiger partial charge in [0.2, 0.25) is 0 Å². The van der Waals surface area contributed by atoms with Crippen molar-refractivity contribution < 1.29 is 29.7 Å². The number of nitrogens with zero attached hydrogens (tertiary/aromatic N) is 1. The van der Waals surface area contributed by atoms with E-state index < -0.39 is 36.5 Å². The molecule has 0 aromatic heterocycles. The van der Waals surface area contributed by atoms with Crippen LogP contribution in [-0.4, -0.2) is 63.9 Å². The summed E-state index contributed by atoms with van der Waals surface area (Å²) in [4.78, 5) is 33.9. The molecule has 4 N–H and O–H groups in total. The van der Waals surface area contributed by atoms with Crippen molar-refractivity contribution in [3.8, 4) is 0 Å². The number of urea groups is 1. The van der Waals surface area contributed by atoms with Crippen molar-refractivity contribution in [1.82, 2.24) is 10.2 Å². The van der Waals surface area contributed by atoms with Gasteiger partial charge in [0, 0.05) is 13.6 Å². The van der Waals surface area contributed by atoms with Gasteiger partial charge in [0.05, 0.1) is 12.5 Å². The minimum Gasteiger partial charge on any atom is -0.481 e. The van der Waals surface area contributed by atoms with Gasteiger partial charge in [-0.05, 0) is 13.3 Å². The third-order valence-electron chi connectivity index (χ3n) is 2.20. The second-order valence-corrected chi connectivity index (χ2v) is 4.00. The number of aliphatic hydroxyl groups excluding tert-OH is 1. The summed E-state index contributed by atoms with van der Waals surface area (Å²) in [6, 6.07) is -2.16. The number of aliphatic hydroxyl groups is 1. The number of carbonyl (C=O) groups is 3. The molecule has 0 aliphatic carbocycles. The van der Waals surface area contributed by atoms with Crippen molar-refractivity contribution in [2.75, 3.05) is 13.6 Å². The molecule has 18 heavy (non-hydrogen) atoms. The lowest BCUT2D eigenvalue weighted by molar-refractivity contribution is -0.145. The molecule has 104 valence electrons. The van der Waals surface area contributed by atoms with Crippen molar-refractivity contribution in [3.05, 3.63) is 0 Å². The van der Waals surface area contributed by atoms with Crippen molar-refractivity contribution in [2.24, 2.45) is 0 Å². The van der Waals surface area contributed by atoms with Crippen molar-refractivity contribution in [2.45, 2.75) is 31.9 Å². The van der Waals surface area contributed by atoms with Crippen LogP contribution >= 0.6 is 0 Å². The van der Waals surface area contributed by atoms with Gasteiger partial charge in [-0.1, -0.05) is 0 Å². The minimum absolute atomic E-state index is 0.239. The van der Waals surface area contributed by atoms with Crippen LogP contribution in [0.3, 0.4) is 0 Å². The maximum absolute atomic E-state index is 11.5. The first kappa shape index (κ1) is 16.2. The van der Waals surface area contributed by atoms with E-state index in [0.717, 1.165) is 0 Å². The zero-order valence-electron chi connectivity index (χ0n) is 10.3. The number of carboxylic acids is 2. The molecule has 2 amide bonds. The standard InChI is InChI=1S/C10H18N2O6/c1-6(13)3-4-12(2)10(18)11-7(9(16)17)5-8(14)15/h6-7,13H,3-5H2,1-2H3,(H,11,18)(H,14,15)(H,16,17). The Morgan fingerprint density at radius 2 is 1.83 bits per heavy atom. The van der Waals surface area contributed by atoms with Gasteiger partial charge in [0.1, 0.15) is 6.04 Å². The maximum Gasteiger partial charge on any atom is 0.326 e. The van der Waals surface area contributed by atoms with E-state index >= 15 is 0 Å². The molecule has 2 unspecified atom stereocenters. The lowest BCUT2D eigenvalue weighted by atomic mass is 10.2. The van der Waals surface area contributed by atoms with Gasteiger partial charge < -0.3 is 25.5 Å². The molecule has 2 atom stereocenters. The van der Waals surface area contributed by atoms with E-state index in [0.29, 0.717) is 6.42 Å². The molecule has 0 bridgehead atoms. The molecule has 0 spiro atoms. The van der Waals surface area contributed by atoms with Gasteiger partial charge in [-0.2, -0.15) is 0 Å². The Balaban J connectivity index is 4.32. The van der Waals surface area contributed by atoms with Gasteiger partial charge in [-0.3, -0.25) is 4.79 Å². The minimum atomic E-state index is -1.47. The number of hydrogen-bond donors (Lipinski definition) is 4. The third kappa shape index (κ3) is 6.69. The smallest absolute Gasteiger partial charge is 0.326 e. The van der Waals surface area contributed by atoms with Crippen LogP contribution in [0.15, 0.2) is 0 Å². The van der Waals surface area contributed by atoms with Crippen molar-refractivity contribution in [3.63, 3.8) is 0 Å². The highest BCUT2D eigenvalue weighted by Gasteiger charge is 2.24. The van der Waals surface area contributed by atoms with Crippen LogP contribution in [-0.2, 0) is 9.59 Å². The third-order valence-corrected chi connectivity index (χ3v) is 2.20. The monoisotopic (exact) mass is 262 g/mol. The summed E-state index contributed by atoms with van der Waals surface area (Å²) in [6.45, 7) is 1.80. The highest BCUT2D eigenvalue weighted by atomic mass is 16.4. The molecule has 0 heterocycles. The number of nitrogens with one attached hydrogen (secondary N) is 1. The van der Waals surface area contributed by atoms with Crippen molar-refractivity contribution >= 4 is 18.0 Å². The quantitative estimate of drug-likeness (QED) is 0.481. The maximum atomic E-state index is 11.5. The molecule has 8 nitrogen and oxygen atoms in total. The van der Waals surface area contributed by atoms with E-state index in [-0.39, 0.29) is 6.54 Å².